The number of carbonyl (C=O) groups excluding carboxylic acids is 2. The van der Waals surface area contributed by atoms with Crippen molar-refractivity contribution in [1.82, 2.24) is 5.32 Å². The molecule has 2 rings (SSSR count). The number of carbonyl (C=O) groups is 2. The summed E-state index contributed by atoms with van der Waals surface area (Å²) in [5, 5.41) is -0.403. The van der Waals surface area contributed by atoms with Gasteiger partial charge >= 0.3 is 12.1 Å². The van der Waals surface area contributed by atoms with E-state index in [-0.39, 0.29) is 18.4 Å². The minimum absolute atomic E-state index is 0.0278. The van der Waals surface area contributed by atoms with Crippen LogP contribution in [-0.4, -0.2) is 48.9 Å². The normalized spacial score (nSPS) is 25.7. The average Bonchev–Trinajstić information content (AvgIpc) is 2.60. The first kappa shape index (κ1) is 22.9. The fraction of sp³-hybridized carbons (Fsp3) is 0.882. The van der Waals surface area contributed by atoms with Crippen LogP contribution in [0.4, 0.5) is 13.2 Å². The number of amides is 1. The topological polar surface area (TPSA) is 113 Å². The molecule has 0 aromatic rings. The van der Waals surface area contributed by atoms with Gasteiger partial charge < -0.3 is 14.6 Å². The summed E-state index contributed by atoms with van der Waals surface area (Å²) in [6, 6.07) is 0.0278. The molecule has 2 fully saturated rings. The summed E-state index contributed by atoms with van der Waals surface area (Å²) in [5.41, 5.74) is 0. The lowest BCUT2D eigenvalue weighted by Gasteiger charge is -2.32. The number of hydrogen-bond donors (Lipinski definition) is 1. The largest absolute Gasteiger partial charge is 0.747 e. The molecule has 2 saturated carbocycles. The Hall–Kier alpha value is -1.36. The van der Waals surface area contributed by atoms with E-state index in [2.05, 4.69) is 10.1 Å². The summed E-state index contributed by atoms with van der Waals surface area (Å²) < 4.78 is 75.3. The number of halogens is 3. The maximum absolute atomic E-state index is 12.7. The van der Waals surface area contributed by atoms with E-state index in [1.54, 1.807) is 0 Å². The maximum Gasteiger partial charge on any atom is 0.407 e. The van der Waals surface area contributed by atoms with Crippen LogP contribution in [0.25, 0.3) is 0 Å². The Morgan fingerprint density at radius 1 is 1.00 bits per heavy atom. The maximum atomic E-state index is 12.7. The van der Waals surface area contributed by atoms with Gasteiger partial charge in [0.25, 0.3) is 0 Å². The van der Waals surface area contributed by atoms with Crippen LogP contribution in [0.3, 0.4) is 0 Å². The Morgan fingerprint density at radius 2 is 1.54 bits per heavy atom. The van der Waals surface area contributed by atoms with Crippen molar-refractivity contribution in [2.45, 2.75) is 75.3 Å². The standard InChI is InChI=1S/C17H26F3NO6S/c18-17(19,20)14(28(24,25)26)10-27-16(23)13-9-5-4-8-12(13)15(22)21-11-6-2-1-3-7-11/h11-14H,1-10H2,(H,21,22)(H,24,25,26)/p-1. The minimum atomic E-state index is -5.73. The van der Waals surface area contributed by atoms with Gasteiger partial charge in [0.15, 0.2) is 5.25 Å². The zero-order valence-electron chi connectivity index (χ0n) is 15.4. The van der Waals surface area contributed by atoms with Gasteiger partial charge in [-0.1, -0.05) is 32.1 Å². The van der Waals surface area contributed by atoms with Gasteiger partial charge in [-0.3, -0.25) is 9.59 Å². The molecule has 0 radical (unpaired) electrons. The molecule has 0 spiro atoms. The zero-order valence-corrected chi connectivity index (χ0v) is 16.2. The van der Waals surface area contributed by atoms with Crippen molar-refractivity contribution >= 4 is 22.0 Å². The molecular formula is C17H25F3NO6S-. The number of nitrogens with one attached hydrogen (secondary N) is 1. The highest BCUT2D eigenvalue weighted by Crippen LogP contribution is 2.33. The van der Waals surface area contributed by atoms with Crippen molar-refractivity contribution in [1.29, 1.82) is 0 Å². The molecule has 3 unspecified atom stereocenters. The summed E-state index contributed by atoms with van der Waals surface area (Å²) in [6.45, 7) is -1.60. The van der Waals surface area contributed by atoms with Gasteiger partial charge in [-0.05, 0) is 25.7 Å². The summed E-state index contributed by atoms with van der Waals surface area (Å²) >= 11 is 0. The Kier molecular flexibility index (Phi) is 7.72. The van der Waals surface area contributed by atoms with E-state index in [1.165, 1.54) is 0 Å². The molecule has 1 amide bonds. The van der Waals surface area contributed by atoms with E-state index < -0.39 is 46.0 Å². The number of alkyl halides is 3. The second-order valence-corrected chi connectivity index (χ2v) is 9.05. The smallest absolute Gasteiger partial charge is 0.407 e. The number of ether oxygens (including phenoxy) is 1. The van der Waals surface area contributed by atoms with Crippen LogP contribution in [0.1, 0.15) is 57.8 Å². The molecule has 7 nitrogen and oxygen atoms in total. The van der Waals surface area contributed by atoms with Crippen LogP contribution < -0.4 is 5.32 Å². The molecule has 0 aromatic carbocycles. The van der Waals surface area contributed by atoms with Crippen LogP contribution in [0, 0.1) is 11.8 Å². The van der Waals surface area contributed by atoms with E-state index in [4.69, 9.17) is 0 Å². The van der Waals surface area contributed by atoms with Crippen molar-refractivity contribution in [3.8, 4) is 0 Å². The van der Waals surface area contributed by atoms with Crippen LogP contribution in [0.15, 0.2) is 0 Å². The number of rotatable bonds is 6. The summed E-state index contributed by atoms with van der Waals surface area (Å²) in [5.74, 6) is -3.06. The molecule has 2 aliphatic carbocycles. The monoisotopic (exact) mass is 428 g/mol. The third-order valence-corrected chi connectivity index (χ3v) is 6.55. The molecule has 11 heteroatoms. The Bertz CT molecular complexity index is 660. The Labute approximate surface area is 162 Å². The second kappa shape index (κ2) is 9.43. The lowest BCUT2D eigenvalue weighted by Crippen LogP contribution is -2.46. The van der Waals surface area contributed by atoms with Crippen molar-refractivity contribution in [3.63, 3.8) is 0 Å². The number of esters is 1. The molecule has 28 heavy (non-hydrogen) atoms. The summed E-state index contributed by atoms with van der Waals surface area (Å²) in [7, 11) is -5.73. The highest BCUT2D eigenvalue weighted by Gasteiger charge is 2.46. The van der Waals surface area contributed by atoms with Crippen molar-refractivity contribution < 1.29 is 40.5 Å². The predicted molar refractivity (Wildman–Crippen MR) is 91.0 cm³/mol. The fourth-order valence-corrected chi connectivity index (χ4v) is 4.45. The van der Waals surface area contributed by atoms with Crippen LogP contribution in [0.2, 0.25) is 0 Å². The molecule has 1 N–H and O–H groups in total. The molecule has 2 aliphatic rings. The molecule has 0 bridgehead atoms. The predicted octanol–water partition coefficient (Wildman–Crippen LogP) is 2.26. The van der Waals surface area contributed by atoms with Crippen LogP contribution in [0.5, 0.6) is 0 Å². The van der Waals surface area contributed by atoms with E-state index in [0.29, 0.717) is 19.3 Å². The van der Waals surface area contributed by atoms with Crippen molar-refractivity contribution in [2.75, 3.05) is 6.61 Å². The molecule has 0 heterocycles. The quantitative estimate of drug-likeness (QED) is 0.513. The summed E-state index contributed by atoms with van der Waals surface area (Å²) in [4.78, 5) is 24.9. The van der Waals surface area contributed by atoms with E-state index >= 15 is 0 Å². The van der Waals surface area contributed by atoms with Gasteiger partial charge in [-0.2, -0.15) is 13.2 Å². The molecule has 0 saturated heterocycles. The third-order valence-electron chi connectivity index (χ3n) is 5.45. The first-order chi connectivity index (χ1) is 13.0. The molecule has 0 aliphatic heterocycles. The summed E-state index contributed by atoms with van der Waals surface area (Å²) in [6.07, 6.45) is 1.45. The minimum Gasteiger partial charge on any atom is -0.747 e. The Morgan fingerprint density at radius 3 is 2.07 bits per heavy atom. The van der Waals surface area contributed by atoms with Gasteiger partial charge in [-0.15, -0.1) is 0 Å². The Balaban J connectivity index is 1.99. The highest BCUT2D eigenvalue weighted by atomic mass is 32.2. The van der Waals surface area contributed by atoms with Gasteiger partial charge in [0.1, 0.15) is 16.7 Å². The highest BCUT2D eigenvalue weighted by molar-refractivity contribution is 7.86. The zero-order chi connectivity index (χ0) is 20.9. The van der Waals surface area contributed by atoms with E-state index in [1.807, 2.05) is 0 Å². The van der Waals surface area contributed by atoms with E-state index in [0.717, 1.165) is 32.1 Å². The lowest BCUT2D eigenvalue weighted by molar-refractivity contribution is -0.164. The van der Waals surface area contributed by atoms with Gasteiger partial charge in [0.05, 0.1) is 11.8 Å². The number of hydrogen-bond acceptors (Lipinski definition) is 6. The third kappa shape index (κ3) is 6.33. The van der Waals surface area contributed by atoms with Gasteiger partial charge in [-0.25, -0.2) is 8.42 Å². The van der Waals surface area contributed by atoms with Crippen LogP contribution >= 0.6 is 0 Å². The fourth-order valence-electron chi connectivity index (χ4n) is 3.89. The SMILES string of the molecule is O=C(NC1CCCCC1)C1CCCCC1C(=O)OCC(C(F)(F)F)S(=O)(=O)[O-]. The first-order valence-corrected chi connectivity index (χ1v) is 11.0. The average molecular weight is 428 g/mol. The molecular weight excluding hydrogens is 403 g/mol. The van der Waals surface area contributed by atoms with Gasteiger partial charge in [0.2, 0.25) is 5.91 Å². The lowest BCUT2D eigenvalue weighted by atomic mass is 9.78. The van der Waals surface area contributed by atoms with Gasteiger partial charge in [0, 0.05) is 6.04 Å². The van der Waals surface area contributed by atoms with Crippen molar-refractivity contribution in [2.24, 2.45) is 11.8 Å². The molecule has 3 atom stereocenters. The van der Waals surface area contributed by atoms with Crippen molar-refractivity contribution in [3.05, 3.63) is 0 Å². The molecule has 162 valence electrons. The second-order valence-electron chi connectivity index (χ2n) is 7.49. The van der Waals surface area contributed by atoms with E-state index in [9.17, 15) is 35.7 Å². The van der Waals surface area contributed by atoms with Crippen LogP contribution in [-0.2, 0) is 24.4 Å². The molecule has 0 aromatic heterocycles. The first-order valence-electron chi connectivity index (χ1n) is 9.48.